The number of rotatable bonds is 5. The molecule has 0 saturated carbocycles. The van der Waals surface area contributed by atoms with E-state index in [-0.39, 0.29) is 12.1 Å². The molecule has 2 aromatic carbocycles. The van der Waals surface area contributed by atoms with Gasteiger partial charge in [-0.25, -0.2) is 0 Å². The maximum Gasteiger partial charge on any atom is 0.292 e. The number of para-hydroxylation sites is 1. The number of amides is 1. The normalized spacial score (nSPS) is 11.2. The summed E-state index contributed by atoms with van der Waals surface area (Å²) in [7, 11) is 0. The lowest BCUT2D eigenvalue weighted by Crippen LogP contribution is -2.33. The van der Waals surface area contributed by atoms with Gasteiger partial charge < -0.3 is 15.3 Å². The molecule has 0 spiro atoms. The molecule has 2 heterocycles. The van der Waals surface area contributed by atoms with Gasteiger partial charge in [-0.1, -0.05) is 30.3 Å². The summed E-state index contributed by atoms with van der Waals surface area (Å²) in [4.78, 5) is 43.7. The van der Waals surface area contributed by atoms with E-state index in [4.69, 9.17) is 0 Å². The number of aromatic amines is 2. The Morgan fingerprint density at radius 2 is 1.77 bits per heavy atom. The average Bonchev–Trinajstić information content (AvgIpc) is 3.06. The van der Waals surface area contributed by atoms with Crippen molar-refractivity contribution in [3.05, 3.63) is 80.8 Å². The van der Waals surface area contributed by atoms with Crippen LogP contribution in [0.25, 0.3) is 21.8 Å². The molecule has 0 bridgehead atoms. The van der Waals surface area contributed by atoms with E-state index in [0.717, 1.165) is 32.9 Å². The summed E-state index contributed by atoms with van der Waals surface area (Å²) in [5.74, 6) is -1.25. The molecule has 4 rings (SSSR count). The van der Waals surface area contributed by atoms with E-state index in [2.05, 4.69) is 15.3 Å². The van der Waals surface area contributed by atoms with Gasteiger partial charge in [-0.2, -0.15) is 0 Å². The number of aromatic nitrogens is 2. The van der Waals surface area contributed by atoms with Crippen LogP contribution in [0.2, 0.25) is 0 Å². The van der Waals surface area contributed by atoms with Crippen molar-refractivity contribution in [3.8, 4) is 0 Å². The van der Waals surface area contributed by atoms with Crippen LogP contribution in [-0.4, -0.2) is 28.2 Å². The van der Waals surface area contributed by atoms with Crippen LogP contribution in [0.3, 0.4) is 0 Å². The molecule has 6 heteroatoms. The number of aryl methyl sites for hydroxylation is 3. The molecule has 152 valence electrons. The third-order valence-corrected chi connectivity index (χ3v) is 5.63. The highest BCUT2D eigenvalue weighted by Crippen LogP contribution is 2.22. The Hall–Kier alpha value is -3.67. The monoisotopic (exact) mass is 401 g/mol. The van der Waals surface area contributed by atoms with Crippen molar-refractivity contribution in [2.75, 3.05) is 6.54 Å². The van der Waals surface area contributed by atoms with Gasteiger partial charge in [-0.05, 0) is 55.8 Å². The Morgan fingerprint density at radius 1 is 1.00 bits per heavy atom. The number of carbonyl (C=O) groups excluding carboxylic acids is 2. The van der Waals surface area contributed by atoms with E-state index >= 15 is 0 Å². The van der Waals surface area contributed by atoms with Crippen molar-refractivity contribution in [2.45, 2.75) is 27.2 Å². The highest BCUT2D eigenvalue weighted by Gasteiger charge is 2.22. The Bertz CT molecular complexity index is 1360. The van der Waals surface area contributed by atoms with Crippen molar-refractivity contribution in [1.29, 1.82) is 0 Å². The summed E-state index contributed by atoms with van der Waals surface area (Å²) in [6, 6.07) is 13.2. The number of carbonyl (C=O) groups is 2. The number of H-pyrrole nitrogens is 2. The molecule has 3 N–H and O–H groups in total. The topological polar surface area (TPSA) is 94.8 Å². The summed E-state index contributed by atoms with van der Waals surface area (Å²) in [5, 5.41) is 4.33. The van der Waals surface area contributed by atoms with Crippen LogP contribution in [-0.2, 0) is 11.2 Å². The summed E-state index contributed by atoms with van der Waals surface area (Å²) in [6.07, 6.45) is 0.337. The van der Waals surface area contributed by atoms with Crippen LogP contribution in [0, 0.1) is 20.8 Å². The molecule has 2 aromatic heterocycles. The molecule has 4 aromatic rings. The summed E-state index contributed by atoms with van der Waals surface area (Å²) in [6.45, 7) is 5.96. The zero-order valence-corrected chi connectivity index (χ0v) is 17.2. The third-order valence-electron chi connectivity index (χ3n) is 5.63. The first kappa shape index (κ1) is 19.6. The van der Waals surface area contributed by atoms with Gasteiger partial charge in [0, 0.05) is 28.7 Å². The van der Waals surface area contributed by atoms with E-state index < -0.39 is 11.7 Å². The molecule has 0 unspecified atom stereocenters. The number of pyridine rings is 1. The Labute approximate surface area is 173 Å². The summed E-state index contributed by atoms with van der Waals surface area (Å²) in [5.41, 5.74) is 5.25. The average molecular weight is 401 g/mol. The minimum Gasteiger partial charge on any atom is -0.358 e. The van der Waals surface area contributed by atoms with Gasteiger partial charge in [-0.15, -0.1) is 0 Å². The Kier molecular flexibility index (Phi) is 4.99. The molecule has 0 aliphatic rings. The van der Waals surface area contributed by atoms with Crippen molar-refractivity contribution >= 4 is 33.5 Å². The number of Topliss-reactive ketones (excluding diaryl/α,β-unsaturated/α-hetero) is 1. The smallest absolute Gasteiger partial charge is 0.292 e. The van der Waals surface area contributed by atoms with Crippen LogP contribution < -0.4 is 10.9 Å². The molecule has 0 radical (unpaired) electrons. The van der Waals surface area contributed by atoms with Gasteiger partial charge in [0.15, 0.2) is 0 Å². The van der Waals surface area contributed by atoms with E-state index in [0.29, 0.717) is 23.2 Å². The van der Waals surface area contributed by atoms with Crippen molar-refractivity contribution in [3.63, 3.8) is 0 Å². The van der Waals surface area contributed by atoms with Crippen LogP contribution in [0.4, 0.5) is 0 Å². The van der Waals surface area contributed by atoms with Crippen LogP contribution in [0.5, 0.6) is 0 Å². The van der Waals surface area contributed by atoms with Gasteiger partial charge in [0.25, 0.3) is 17.2 Å². The number of hydrogen-bond acceptors (Lipinski definition) is 3. The zero-order valence-electron chi connectivity index (χ0n) is 17.2. The molecular weight excluding hydrogens is 378 g/mol. The molecule has 0 aliphatic carbocycles. The molecule has 6 nitrogen and oxygen atoms in total. The highest BCUT2D eigenvalue weighted by atomic mass is 16.2. The SMILES string of the molecule is Cc1ccc2cc(CCNC(=O)C(=O)c3c(C)[nH]c4ccccc34)c(=O)[nH]c2c1C. The second-order valence-corrected chi connectivity index (χ2v) is 7.60. The van der Waals surface area contributed by atoms with Gasteiger partial charge in [0.1, 0.15) is 0 Å². The Morgan fingerprint density at radius 3 is 2.57 bits per heavy atom. The second-order valence-electron chi connectivity index (χ2n) is 7.60. The van der Waals surface area contributed by atoms with Crippen molar-refractivity contribution in [1.82, 2.24) is 15.3 Å². The lowest BCUT2D eigenvalue weighted by molar-refractivity contribution is -0.116. The zero-order chi connectivity index (χ0) is 21.4. The van der Waals surface area contributed by atoms with E-state index in [1.54, 1.807) is 6.92 Å². The molecule has 0 atom stereocenters. The lowest BCUT2D eigenvalue weighted by Gasteiger charge is -2.08. The first-order chi connectivity index (χ1) is 14.4. The number of benzene rings is 2. The van der Waals surface area contributed by atoms with E-state index in [1.165, 1.54) is 0 Å². The first-order valence-corrected chi connectivity index (χ1v) is 9.88. The van der Waals surface area contributed by atoms with E-state index in [1.807, 2.05) is 56.3 Å². The summed E-state index contributed by atoms with van der Waals surface area (Å²) >= 11 is 0. The first-order valence-electron chi connectivity index (χ1n) is 9.88. The standard InChI is InChI=1S/C24H23N3O3/c1-13-8-9-16-12-17(23(29)27-21(16)14(13)2)10-11-25-24(30)22(28)20-15(3)26-19-7-5-4-6-18(19)20/h4-9,12,26H,10-11H2,1-3H3,(H,25,30)(H,27,29). The molecule has 0 aliphatic heterocycles. The minimum atomic E-state index is -0.674. The molecular formula is C24H23N3O3. The third kappa shape index (κ3) is 3.41. The predicted octanol–water partition coefficient (Wildman–Crippen LogP) is 3.48. The number of ketones is 1. The number of hydrogen-bond donors (Lipinski definition) is 3. The van der Waals surface area contributed by atoms with Crippen LogP contribution in [0.15, 0.2) is 47.3 Å². The van der Waals surface area contributed by atoms with Gasteiger partial charge in [0.2, 0.25) is 0 Å². The maximum atomic E-state index is 12.7. The fraction of sp³-hybridized carbons (Fsp3) is 0.208. The maximum absolute atomic E-state index is 12.7. The fourth-order valence-electron chi connectivity index (χ4n) is 3.83. The fourth-order valence-corrected chi connectivity index (χ4v) is 3.83. The van der Waals surface area contributed by atoms with Crippen molar-refractivity contribution in [2.24, 2.45) is 0 Å². The summed E-state index contributed by atoms with van der Waals surface area (Å²) < 4.78 is 0. The number of fused-ring (bicyclic) bond motifs is 2. The second kappa shape index (κ2) is 7.63. The quantitative estimate of drug-likeness (QED) is 0.353. The Balaban J connectivity index is 1.49. The van der Waals surface area contributed by atoms with E-state index in [9.17, 15) is 14.4 Å². The molecule has 1 amide bonds. The van der Waals surface area contributed by atoms with Gasteiger partial charge >= 0.3 is 0 Å². The van der Waals surface area contributed by atoms with Gasteiger partial charge in [-0.3, -0.25) is 14.4 Å². The predicted molar refractivity (Wildman–Crippen MR) is 118 cm³/mol. The van der Waals surface area contributed by atoms with Crippen LogP contribution in [0.1, 0.15) is 32.7 Å². The number of nitrogens with one attached hydrogen (secondary N) is 3. The molecule has 0 fully saturated rings. The molecule has 30 heavy (non-hydrogen) atoms. The van der Waals surface area contributed by atoms with Crippen molar-refractivity contribution < 1.29 is 9.59 Å². The highest BCUT2D eigenvalue weighted by molar-refractivity contribution is 6.45. The van der Waals surface area contributed by atoms with Crippen LogP contribution >= 0.6 is 0 Å². The molecule has 0 saturated heterocycles. The lowest BCUT2D eigenvalue weighted by atomic mass is 10.0. The minimum absolute atomic E-state index is 0.177. The largest absolute Gasteiger partial charge is 0.358 e. The van der Waals surface area contributed by atoms with Gasteiger partial charge in [0.05, 0.1) is 11.1 Å².